The molecule has 2 N–H and O–H groups in total. The number of urea groups is 1. The number of amides is 2. The molecule has 0 atom stereocenters. The molecule has 2 aromatic carbocycles. The van der Waals surface area contributed by atoms with Crippen LogP contribution in [0.3, 0.4) is 0 Å². The van der Waals surface area contributed by atoms with Crippen LogP contribution in [0.2, 0.25) is 0 Å². The molecular weight excluding hydrogens is 351 g/mol. The van der Waals surface area contributed by atoms with E-state index in [0.29, 0.717) is 10.5 Å². The van der Waals surface area contributed by atoms with E-state index in [1.54, 1.807) is 29.8 Å². The van der Waals surface area contributed by atoms with E-state index in [2.05, 4.69) is 15.8 Å². The third kappa shape index (κ3) is 4.49. The second-order valence-corrected chi connectivity index (χ2v) is 5.97. The number of hydrogen-bond acceptors (Lipinski definition) is 5. The molecule has 0 fully saturated rings. The summed E-state index contributed by atoms with van der Waals surface area (Å²) in [6.45, 7) is 0. The maximum Gasteiger partial charge on any atom is 1.00 e. The van der Waals surface area contributed by atoms with Gasteiger partial charge >= 0.3 is 35.6 Å². The summed E-state index contributed by atoms with van der Waals surface area (Å²) in [5, 5.41) is 17.6. The third-order valence-corrected chi connectivity index (χ3v) is 4.42. The van der Waals surface area contributed by atoms with Gasteiger partial charge in [-0.2, -0.15) is 0 Å². The number of carboxylic acids is 1. The number of carbonyl (C=O) groups excluding carboxylic acids is 2. The predicted octanol–water partition coefficient (Wildman–Crippen LogP) is -1.76. The van der Waals surface area contributed by atoms with Gasteiger partial charge in [-0.05, 0) is 29.8 Å². The quantitative estimate of drug-likeness (QED) is 0.426. The van der Waals surface area contributed by atoms with Gasteiger partial charge in [-0.15, -0.1) is 5.10 Å². The van der Waals surface area contributed by atoms with Crippen LogP contribution in [0, 0.1) is 0 Å². The number of fused-ring (bicyclic) bond motifs is 1. The standard InChI is InChI=1S/C16H14N4O3S.Na/c1-20-12-8-7-10(14(21)22)9-13(12)24-16(20)19-18-15(23)17-11-5-3-2-4-6-11;/h2-9H,1H3,(H,21,22)(H2,17,18,23);/q;+1/p-1. The Morgan fingerprint density at radius 2 is 1.88 bits per heavy atom. The average molecular weight is 364 g/mol. The van der Waals surface area contributed by atoms with Crippen LogP contribution in [-0.4, -0.2) is 16.6 Å². The van der Waals surface area contributed by atoms with E-state index in [1.807, 2.05) is 18.2 Å². The molecule has 0 aliphatic carbocycles. The summed E-state index contributed by atoms with van der Waals surface area (Å²) >= 11 is 1.27. The molecule has 25 heavy (non-hydrogen) atoms. The normalized spacial score (nSPS) is 11.0. The van der Waals surface area contributed by atoms with Crippen LogP contribution in [0.5, 0.6) is 0 Å². The smallest absolute Gasteiger partial charge is 0.545 e. The Labute approximate surface area is 169 Å². The largest absolute Gasteiger partial charge is 1.00 e. The molecule has 0 aliphatic heterocycles. The van der Waals surface area contributed by atoms with Crippen LogP contribution >= 0.6 is 11.3 Å². The van der Waals surface area contributed by atoms with Gasteiger partial charge in [0.15, 0.2) is 0 Å². The molecule has 0 saturated heterocycles. The Morgan fingerprint density at radius 3 is 2.56 bits per heavy atom. The first kappa shape index (κ1) is 19.2. The molecule has 0 bridgehead atoms. The molecule has 0 spiro atoms. The molecule has 122 valence electrons. The van der Waals surface area contributed by atoms with Crippen LogP contribution in [0.25, 0.3) is 10.2 Å². The van der Waals surface area contributed by atoms with Gasteiger partial charge in [-0.3, -0.25) is 0 Å². The van der Waals surface area contributed by atoms with Gasteiger partial charge in [-0.1, -0.05) is 35.6 Å². The minimum atomic E-state index is -1.23. The van der Waals surface area contributed by atoms with Gasteiger partial charge in [0, 0.05) is 12.7 Å². The predicted molar refractivity (Wildman–Crippen MR) is 89.3 cm³/mol. The van der Waals surface area contributed by atoms with Crippen molar-refractivity contribution in [2.45, 2.75) is 0 Å². The summed E-state index contributed by atoms with van der Waals surface area (Å²) < 4.78 is 2.50. The number of rotatable bonds is 3. The molecular formula is C16H13N4NaO3S. The zero-order valence-electron chi connectivity index (χ0n) is 13.6. The van der Waals surface area contributed by atoms with Crippen LogP contribution in [0.4, 0.5) is 10.5 Å². The number of hydrogen-bond donors (Lipinski definition) is 2. The van der Waals surface area contributed by atoms with Crippen molar-refractivity contribution in [3.8, 4) is 0 Å². The number of aromatic nitrogens is 1. The molecule has 3 aromatic rings. The number of aromatic carboxylic acids is 1. The summed E-state index contributed by atoms with van der Waals surface area (Å²) in [6, 6.07) is 13.2. The summed E-state index contributed by atoms with van der Waals surface area (Å²) in [4.78, 5) is 23.3. The van der Waals surface area contributed by atoms with Crippen molar-refractivity contribution in [2.75, 3.05) is 5.32 Å². The Kier molecular flexibility index (Phi) is 6.38. The molecule has 0 aliphatic rings. The summed E-state index contributed by atoms with van der Waals surface area (Å²) in [6.07, 6.45) is 0. The van der Waals surface area contributed by atoms with Gasteiger partial charge < -0.3 is 19.8 Å². The first-order chi connectivity index (χ1) is 11.5. The molecule has 3 rings (SSSR count). The number of nitrogens with zero attached hydrogens (tertiary/aromatic N) is 2. The van der Waals surface area contributed by atoms with Gasteiger partial charge in [0.1, 0.15) is 0 Å². The van der Waals surface area contributed by atoms with E-state index in [4.69, 9.17) is 0 Å². The van der Waals surface area contributed by atoms with Crippen LogP contribution in [0.1, 0.15) is 10.4 Å². The molecule has 1 aromatic heterocycles. The minimum Gasteiger partial charge on any atom is -0.545 e. The number of benzene rings is 2. The van der Waals surface area contributed by atoms with Crippen LogP contribution in [-0.2, 0) is 7.05 Å². The zero-order valence-corrected chi connectivity index (χ0v) is 16.5. The van der Waals surface area contributed by atoms with E-state index in [-0.39, 0.29) is 35.1 Å². The van der Waals surface area contributed by atoms with Crippen molar-refractivity contribution in [3.63, 3.8) is 0 Å². The SMILES string of the molecule is Cn1c(=NNC(=O)Nc2ccccc2)sc2cc(C(=O)[O-])ccc21.[Na+]. The molecule has 0 radical (unpaired) electrons. The fourth-order valence-corrected chi connectivity index (χ4v) is 3.17. The minimum absolute atomic E-state index is 0. The second-order valence-electron chi connectivity index (χ2n) is 4.96. The van der Waals surface area contributed by atoms with Crippen molar-refractivity contribution in [2.24, 2.45) is 12.1 Å². The number of carboxylic acid groups (broad SMARTS) is 1. The van der Waals surface area contributed by atoms with Crippen molar-refractivity contribution < 1.29 is 44.3 Å². The maximum absolute atomic E-state index is 11.8. The maximum atomic E-state index is 11.8. The third-order valence-electron chi connectivity index (χ3n) is 3.33. The molecule has 1 heterocycles. The van der Waals surface area contributed by atoms with E-state index >= 15 is 0 Å². The average Bonchev–Trinajstić information content (AvgIpc) is 2.89. The second kappa shape index (κ2) is 8.30. The summed E-state index contributed by atoms with van der Waals surface area (Å²) in [5.41, 5.74) is 4.00. The van der Waals surface area contributed by atoms with E-state index in [9.17, 15) is 14.7 Å². The Hall–Kier alpha value is -2.13. The van der Waals surface area contributed by atoms with Crippen molar-refractivity contribution in [1.82, 2.24) is 9.99 Å². The van der Waals surface area contributed by atoms with E-state index < -0.39 is 12.0 Å². The van der Waals surface area contributed by atoms with Gasteiger partial charge in [0.05, 0.1) is 16.2 Å². The van der Waals surface area contributed by atoms with Crippen molar-refractivity contribution >= 4 is 39.2 Å². The number of nitrogens with one attached hydrogen (secondary N) is 2. The fraction of sp³-hybridized carbons (Fsp3) is 0.0625. The topological polar surface area (TPSA) is 98.6 Å². The Balaban J connectivity index is 0.00000225. The molecule has 0 saturated carbocycles. The van der Waals surface area contributed by atoms with Gasteiger partial charge in [0.2, 0.25) is 4.80 Å². The zero-order chi connectivity index (χ0) is 17.1. The fourth-order valence-electron chi connectivity index (χ4n) is 2.15. The van der Waals surface area contributed by atoms with Gasteiger partial charge in [-0.25, -0.2) is 10.2 Å². The first-order valence-electron chi connectivity index (χ1n) is 7.01. The van der Waals surface area contributed by atoms with Crippen molar-refractivity contribution in [3.05, 3.63) is 58.9 Å². The molecule has 2 amide bonds. The van der Waals surface area contributed by atoms with Crippen LogP contribution < -0.4 is 50.2 Å². The number of thiazole rings is 1. The van der Waals surface area contributed by atoms with Crippen LogP contribution in [0.15, 0.2) is 53.6 Å². The number of aryl methyl sites for hydroxylation is 1. The van der Waals surface area contributed by atoms with Gasteiger partial charge in [0.25, 0.3) is 0 Å². The molecule has 7 nitrogen and oxygen atoms in total. The summed E-state index contributed by atoms with van der Waals surface area (Å²) in [7, 11) is 1.78. The monoisotopic (exact) mass is 364 g/mol. The Morgan fingerprint density at radius 1 is 1.16 bits per heavy atom. The molecule has 9 heteroatoms. The first-order valence-corrected chi connectivity index (χ1v) is 7.83. The number of carbonyl (C=O) groups is 2. The number of para-hydroxylation sites is 1. The van der Waals surface area contributed by atoms with E-state index in [1.165, 1.54) is 23.5 Å². The number of anilines is 1. The summed E-state index contributed by atoms with van der Waals surface area (Å²) in [5.74, 6) is -1.23. The Bertz CT molecular complexity index is 982. The van der Waals surface area contributed by atoms with Crippen molar-refractivity contribution in [1.29, 1.82) is 0 Å². The molecule has 0 unspecified atom stereocenters. The van der Waals surface area contributed by atoms with E-state index in [0.717, 1.165) is 10.2 Å².